The molecule has 224 valence electrons. The number of carbonyl (C=O) groups excluding carboxylic acids is 4. The first-order valence-corrected chi connectivity index (χ1v) is 13.9. The predicted molar refractivity (Wildman–Crippen MR) is 165 cm³/mol. The highest BCUT2D eigenvalue weighted by Gasteiger charge is 2.39. The molecule has 0 radical (unpaired) electrons. The van der Waals surface area contributed by atoms with Gasteiger partial charge in [-0.05, 0) is 71.8 Å². The molecule has 1 unspecified atom stereocenters. The van der Waals surface area contributed by atoms with E-state index < -0.39 is 41.9 Å². The molecule has 44 heavy (non-hydrogen) atoms. The second-order valence-corrected chi connectivity index (χ2v) is 10.5. The van der Waals surface area contributed by atoms with Gasteiger partial charge in [-0.3, -0.25) is 24.1 Å². The van der Waals surface area contributed by atoms with Crippen LogP contribution in [0.1, 0.15) is 27.5 Å². The topological polar surface area (TPSA) is 99.3 Å². The molecule has 1 atom stereocenters. The molecule has 0 aromatic heterocycles. The van der Waals surface area contributed by atoms with Crippen molar-refractivity contribution in [3.05, 3.63) is 120 Å². The third-order valence-corrected chi connectivity index (χ3v) is 7.40. The van der Waals surface area contributed by atoms with Crippen molar-refractivity contribution < 1.29 is 28.3 Å². The van der Waals surface area contributed by atoms with Crippen LogP contribution < -0.4 is 19.9 Å². The first kappa shape index (κ1) is 30.0. The monoisotopic (exact) mass is 594 g/mol. The number of ketones is 1. The van der Waals surface area contributed by atoms with Crippen LogP contribution in [0.15, 0.2) is 97.1 Å². The van der Waals surface area contributed by atoms with Gasteiger partial charge in [0.25, 0.3) is 17.6 Å². The number of ether oxygens (including phenoxy) is 1. The van der Waals surface area contributed by atoms with Gasteiger partial charge in [0, 0.05) is 32.0 Å². The Labute approximate surface area is 254 Å². The maximum Gasteiger partial charge on any atom is 0.299 e. The zero-order valence-corrected chi connectivity index (χ0v) is 24.5. The number of nitrogens with one attached hydrogen (secondary N) is 1. The van der Waals surface area contributed by atoms with E-state index in [9.17, 15) is 23.6 Å². The van der Waals surface area contributed by atoms with Crippen molar-refractivity contribution in [1.82, 2.24) is 4.90 Å². The van der Waals surface area contributed by atoms with Gasteiger partial charge in [0.05, 0.1) is 18.4 Å². The van der Waals surface area contributed by atoms with Crippen molar-refractivity contribution in [3.63, 3.8) is 0 Å². The predicted octanol–water partition coefficient (Wildman–Crippen LogP) is 4.84. The molecule has 1 aliphatic heterocycles. The average Bonchev–Trinajstić information content (AvgIpc) is 3.27. The molecule has 4 aromatic carbocycles. The van der Waals surface area contributed by atoms with Gasteiger partial charge in [0.15, 0.2) is 0 Å². The Morgan fingerprint density at radius 1 is 0.886 bits per heavy atom. The highest BCUT2D eigenvalue weighted by atomic mass is 19.1. The second-order valence-electron chi connectivity index (χ2n) is 10.5. The Morgan fingerprint density at radius 2 is 1.55 bits per heavy atom. The highest BCUT2D eigenvalue weighted by Crippen LogP contribution is 2.31. The number of amides is 3. The lowest BCUT2D eigenvalue weighted by Gasteiger charge is -2.33. The van der Waals surface area contributed by atoms with Crippen LogP contribution in [0.5, 0.6) is 5.75 Å². The van der Waals surface area contributed by atoms with Gasteiger partial charge in [0.1, 0.15) is 24.2 Å². The van der Waals surface area contributed by atoms with E-state index in [1.807, 2.05) is 31.1 Å². The number of carbonyl (C=O) groups is 4. The second kappa shape index (κ2) is 12.8. The largest absolute Gasteiger partial charge is 0.497 e. The number of hydrogen-bond acceptors (Lipinski definition) is 6. The molecule has 0 saturated heterocycles. The summed E-state index contributed by atoms with van der Waals surface area (Å²) in [6.07, 6.45) is 0. The van der Waals surface area contributed by atoms with Crippen LogP contribution in [0.25, 0.3) is 0 Å². The van der Waals surface area contributed by atoms with E-state index in [2.05, 4.69) is 5.32 Å². The molecule has 4 aromatic rings. The number of benzene rings is 4. The number of nitrogens with zero attached hydrogens (tertiary/aromatic N) is 3. The maximum atomic E-state index is 14.2. The average molecular weight is 595 g/mol. The quantitative estimate of drug-likeness (QED) is 0.264. The summed E-state index contributed by atoms with van der Waals surface area (Å²) >= 11 is 0. The van der Waals surface area contributed by atoms with Gasteiger partial charge < -0.3 is 19.9 Å². The molecule has 10 heteroatoms. The number of anilines is 3. The lowest BCUT2D eigenvalue weighted by molar-refractivity contribution is -0.139. The van der Waals surface area contributed by atoms with Crippen molar-refractivity contribution in [1.29, 1.82) is 0 Å². The molecule has 0 bridgehead atoms. The third kappa shape index (κ3) is 6.29. The lowest BCUT2D eigenvalue weighted by atomic mass is 10.0. The molecule has 9 nitrogen and oxygen atoms in total. The van der Waals surface area contributed by atoms with Crippen molar-refractivity contribution in [2.75, 3.05) is 42.9 Å². The number of fused-ring (bicyclic) bond motifs is 1. The van der Waals surface area contributed by atoms with E-state index in [0.29, 0.717) is 28.3 Å². The number of methoxy groups -OCH3 is 1. The summed E-state index contributed by atoms with van der Waals surface area (Å²) in [5.41, 5.74) is 3.00. The van der Waals surface area contributed by atoms with Gasteiger partial charge in [-0.2, -0.15) is 0 Å². The van der Waals surface area contributed by atoms with E-state index in [4.69, 9.17) is 4.74 Å². The molecule has 0 spiro atoms. The fourth-order valence-electron chi connectivity index (χ4n) is 5.05. The Balaban J connectivity index is 1.53. The van der Waals surface area contributed by atoms with Crippen LogP contribution in [0, 0.1) is 5.82 Å². The molecule has 1 N–H and O–H groups in total. The van der Waals surface area contributed by atoms with E-state index in [1.54, 1.807) is 54.6 Å². The zero-order chi connectivity index (χ0) is 31.4. The summed E-state index contributed by atoms with van der Waals surface area (Å²) < 4.78 is 19.3. The fourth-order valence-corrected chi connectivity index (χ4v) is 5.05. The van der Waals surface area contributed by atoms with Gasteiger partial charge >= 0.3 is 0 Å². The standard InChI is InChI=1S/C34H31FN4O5/c1-37(2)26-16-14-25(15-17-26)36-33(42)31(23-10-12-24(35)13-11-23)39(20-22-8-18-27(44-3)19-9-22)30(40)21-38-29-7-5-4-6-28(29)32(41)34(38)43/h4-19,31H,20-21H2,1-3H3,(H,36,42). The summed E-state index contributed by atoms with van der Waals surface area (Å²) in [5, 5.41) is 2.89. The minimum Gasteiger partial charge on any atom is -0.497 e. The number of para-hydroxylation sites is 1. The van der Waals surface area contributed by atoms with Crippen molar-refractivity contribution in [3.8, 4) is 5.75 Å². The van der Waals surface area contributed by atoms with Gasteiger partial charge in [0.2, 0.25) is 5.91 Å². The smallest absolute Gasteiger partial charge is 0.299 e. The number of rotatable bonds is 10. The number of Topliss-reactive ketones (excluding diaryl/α,β-unsaturated/α-hetero) is 1. The van der Waals surface area contributed by atoms with Crippen LogP contribution in [0.3, 0.4) is 0 Å². The Morgan fingerprint density at radius 3 is 2.18 bits per heavy atom. The summed E-state index contributed by atoms with van der Waals surface area (Å²) in [6, 6.07) is 24.7. The fraction of sp³-hybridized carbons (Fsp3) is 0.176. The maximum absolute atomic E-state index is 14.2. The van der Waals surface area contributed by atoms with Crippen molar-refractivity contribution in [2.45, 2.75) is 12.6 Å². The Hall–Kier alpha value is -5.51. The van der Waals surface area contributed by atoms with Crippen LogP contribution in [-0.4, -0.2) is 56.2 Å². The summed E-state index contributed by atoms with van der Waals surface area (Å²) in [5.74, 6) is -2.56. The molecule has 1 aliphatic rings. The Kier molecular flexibility index (Phi) is 8.71. The van der Waals surface area contributed by atoms with Gasteiger partial charge in [-0.15, -0.1) is 0 Å². The van der Waals surface area contributed by atoms with Crippen molar-refractivity contribution in [2.24, 2.45) is 0 Å². The molecule has 3 amide bonds. The van der Waals surface area contributed by atoms with Crippen molar-refractivity contribution >= 4 is 40.6 Å². The Bertz CT molecular complexity index is 1690. The number of hydrogen-bond donors (Lipinski definition) is 1. The normalized spacial score (nSPS) is 12.9. The van der Waals surface area contributed by atoms with E-state index in [-0.39, 0.29) is 12.1 Å². The van der Waals surface area contributed by atoms with E-state index in [1.165, 1.54) is 42.3 Å². The minimum absolute atomic E-state index is 0.0323. The number of halogens is 1. The molecule has 1 heterocycles. The molecule has 0 saturated carbocycles. The highest BCUT2D eigenvalue weighted by molar-refractivity contribution is 6.52. The molecular weight excluding hydrogens is 563 g/mol. The zero-order valence-electron chi connectivity index (χ0n) is 24.5. The van der Waals surface area contributed by atoms with E-state index in [0.717, 1.165) is 10.6 Å². The first-order valence-electron chi connectivity index (χ1n) is 13.9. The van der Waals surface area contributed by atoms with Crippen LogP contribution in [0.4, 0.5) is 21.5 Å². The SMILES string of the molecule is COc1ccc(CN(C(=O)CN2C(=O)C(=O)c3ccccc32)C(C(=O)Nc2ccc(N(C)C)cc2)c2ccc(F)cc2)cc1. The first-order chi connectivity index (χ1) is 21.2. The van der Waals surface area contributed by atoms with Gasteiger partial charge in [-0.1, -0.05) is 36.4 Å². The lowest BCUT2D eigenvalue weighted by Crippen LogP contribution is -2.46. The van der Waals surface area contributed by atoms with Gasteiger partial charge in [-0.25, -0.2) is 4.39 Å². The van der Waals surface area contributed by atoms with Crippen LogP contribution in [-0.2, 0) is 20.9 Å². The summed E-state index contributed by atoms with van der Waals surface area (Å²) in [4.78, 5) is 58.2. The third-order valence-electron chi connectivity index (χ3n) is 7.40. The van der Waals surface area contributed by atoms with Crippen LogP contribution in [0.2, 0.25) is 0 Å². The molecule has 0 fully saturated rings. The summed E-state index contributed by atoms with van der Waals surface area (Å²) in [6.45, 7) is -0.518. The minimum atomic E-state index is -1.22. The summed E-state index contributed by atoms with van der Waals surface area (Å²) in [7, 11) is 5.34. The van der Waals surface area contributed by atoms with E-state index >= 15 is 0 Å². The van der Waals surface area contributed by atoms with Crippen LogP contribution >= 0.6 is 0 Å². The molecule has 0 aliphatic carbocycles. The molecular formula is C34H31FN4O5. The molecule has 5 rings (SSSR count).